The number of likely N-dealkylation sites (tertiary alicyclic amines) is 1. The normalized spacial score (nSPS) is 16.8. The molecule has 2 aromatic rings. The first-order chi connectivity index (χ1) is 18.3. The van der Waals surface area contributed by atoms with Crippen molar-refractivity contribution in [1.82, 2.24) is 4.90 Å². The molecule has 0 bridgehead atoms. The van der Waals surface area contributed by atoms with Crippen molar-refractivity contribution in [2.24, 2.45) is 0 Å². The fraction of sp³-hybridized carbons (Fsp3) is 0.467. The molecule has 1 atom stereocenters. The van der Waals surface area contributed by atoms with Crippen molar-refractivity contribution in [3.63, 3.8) is 0 Å². The number of ketones is 1. The van der Waals surface area contributed by atoms with Crippen LogP contribution in [0.15, 0.2) is 48.0 Å². The Balaban J connectivity index is 2.01. The quantitative estimate of drug-likeness (QED) is 0.150. The van der Waals surface area contributed by atoms with E-state index in [0.29, 0.717) is 48.0 Å². The molecule has 0 spiro atoms. The fourth-order valence-corrected chi connectivity index (χ4v) is 4.45. The number of hydrogen-bond donors (Lipinski definition) is 1. The number of hydrogen-bond acceptors (Lipinski definition) is 7. The van der Waals surface area contributed by atoms with E-state index in [9.17, 15) is 14.7 Å². The lowest BCUT2D eigenvalue weighted by Crippen LogP contribution is -2.31. The standard InChI is InChI=1S/C30H39NO7/c1-6-7-8-18-37-23-13-10-21(11-14-23)28(32)26-27(31(16-9-17-35-4)30(34)29(26)33)22-12-15-24(38-20(2)3)25(19-22)36-5/h10-15,19-20,27,32H,6-9,16-18H2,1-5H3/b28-26-. The van der Waals surface area contributed by atoms with Gasteiger partial charge in [0, 0.05) is 25.8 Å². The van der Waals surface area contributed by atoms with Gasteiger partial charge in [0.2, 0.25) is 0 Å². The molecule has 1 aliphatic heterocycles. The molecular weight excluding hydrogens is 486 g/mol. The molecule has 3 rings (SSSR count). The van der Waals surface area contributed by atoms with Crippen LogP contribution < -0.4 is 14.2 Å². The molecule has 1 amide bonds. The van der Waals surface area contributed by atoms with E-state index in [4.69, 9.17) is 18.9 Å². The highest BCUT2D eigenvalue weighted by molar-refractivity contribution is 6.46. The first kappa shape index (κ1) is 29.0. The number of aliphatic hydroxyl groups excluding tert-OH is 1. The minimum absolute atomic E-state index is 0.0311. The van der Waals surface area contributed by atoms with Crippen LogP contribution in [0, 0.1) is 0 Å². The van der Waals surface area contributed by atoms with Crippen LogP contribution in [0.3, 0.4) is 0 Å². The van der Waals surface area contributed by atoms with Gasteiger partial charge < -0.3 is 29.0 Å². The van der Waals surface area contributed by atoms with Crippen molar-refractivity contribution in [2.45, 2.75) is 58.6 Å². The number of carbonyl (C=O) groups is 2. The molecular formula is C30H39NO7. The Hall–Kier alpha value is -3.52. The molecule has 0 aromatic heterocycles. The Morgan fingerprint density at radius 1 is 0.974 bits per heavy atom. The molecule has 38 heavy (non-hydrogen) atoms. The second kappa shape index (κ2) is 13.9. The zero-order chi connectivity index (χ0) is 27.7. The van der Waals surface area contributed by atoms with Crippen molar-refractivity contribution in [3.05, 3.63) is 59.2 Å². The van der Waals surface area contributed by atoms with Gasteiger partial charge in [0.25, 0.3) is 11.7 Å². The lowest BCUT2D eigenvalue weighted by atomic mass is 9.95. The van der Waals surface area contributed by atoms with Gasteiger partial charge in [-0.3, -0.25) is 9.59 Å². The number of Topliss-reactive ketones (excluding diaryl/α,β-unsaturated/α-hetero) is 1. The van der Waals surface area contributed by atoms with Crippen molar-refractivity contribution in [2.75, 3.05) is 34.0 Å². The summed E-state index contributed by atoms with van der Waals surface area (Å²) in [6, 6.07) is 11.4. The van der Waals surface area contributed by atoms with E-state index in [1.54, 1.807) is 49.6 Å². The van der Waals surface area contributed by atoms with E-state index >= 15 is 0 Å². The van der Waals surface area contributed by atoms with Gasteiger partial charge in [-0.1, -0.05) is 25.8 Å². The molecule has 1 N–H and O–H groups in total. The third kappa shape index (κ3) is 6.86. The summed E-state index contributed by atoms with van der Waals surface area (Å²) in [5.41, 5.74) is 1.09. The smallest absolute Gasteiger partial charge is 0.295 e. The van der Waals surface area contributed by atoms with Crippen LogP contribution in [0.5, 0.6) is 17.2 Å². The number of unbranched alkanes of at least 4 members (excludes halogenated alkanes) is 2. The van der Waals surface area contributed by atoms with Crippen LogP contribution in [0.4, 0.5) is 0 Å². The topological polar surface area (TPSA) is 94.5 Å². The number of benzene rings is 2. The van der Waals surface area contributed by atoms with E-state index < -0.39 is 17.7 Å². The SMILES string of the molecule is CCCCCOc1ccc(/C(O)=C2/C(=O)C(=O)N(CCCOC)C2c2ccc(OC(C)C)c(OC)c2)cc1. The molecule has 2 aromatic carbocycles. The van der Waals surface area contributed by atoms with Crippen molar-refractivity contribution >= 4 is 17.4 Å². The van der Waals surface area contributed by atoms with E-state index in [0.717, 1.165) is 19.3 Å². The second-order valence-electron chi connectivity index (χ2n) is 9.50. The highest BCUT2D eigenvalue weighted by Gasteiger charge is 2.46. The molecule has 1 fully saturated rings. The summed E-state index contributed by atoms with van der Waals surface area (Å²) in [5.74, 6) is 0.0814. The van der Waals surface area contributed by atoms with E-state index in [1.165, 1.54) is 12.0 Å². The summed E-state index contributed by atoms with van der Waals surface area (Å²) in [4.78, 5) is 27.9. The summed E-state index contributed by atoms with van der Waals surface area (Å²) >= 11 is 0. The highest BCUT2D eigenvalue weighted by atomic mass is 16.5. The Labute approximate surface area is 225 Å². The monoisotopic (exact) mass is 525 g/mol. The fourth-order valence-electron chi connectivity index (χ4n) is 4.45. The summed E-state index contributed by atoms with van der Waals surface area (Å²) in [7, 11) is 3.12. The number of rotatable bonds is 14. The Morgan fingerprint density at radius 2 is 1.71 bits per heavy atom. The minimum Gasteiger partial charge on any atom is -0.507 e. The number of amides is 1. The van der Waals surface area contributed by atoms with Crippen molar-refractivity contribution in [3.8, 4) is 17.2 Å². The summed E-state index contributed by atoms with van der Waals surface area (Å²) in [6.45, 7) is 7.30. The summed E-state index contributed by atoms with van der Waals surface area (Å²) < 4.78 is 22.3. The number of ether oxygens (including phenoxy) is 4. The van der Waals surface area contributed by atoms with Crippen LogP contribution >= 0.6 is 0 Å². The number of carbonyl (C=O) groups excluding carboxylic acids is 2. The summed E-state index contributed by atoms with van der Waals surface area (Å²) in [6.07, 6.45) is 3.65. The van der Waals surface area contributed by atoms with E-state index in [2.05, 4.69) is 6.92 Å². The van der Waals surface area contributed by atoms with Gasteiger partial charge in [-0.2, -0.15) is 0 Å². The van der Waals surface area contributed by atoms with E-state index in [1.807, 2.05) is 13.8 Å². The zero-order valence-corrected chi connectivity index (χ0v) is 23.0. The molecule has 1 aliphatic rings. The van der Waals surface area contributed by atoms with Gasteiger partial charge in [0.1, 0.15) is 11.5 Å². The highest BCUT2D eigenvalue weighted by Crippen LogP contribution is 2.42. The van der Waals surface area contributed by atoms with Crippen LogP contribution in [-0.2, 0) is 14.3 Å². The van der Waals surface area contributed by atoms with Gasteiger partial charge >= 0.3 is 0 Å². The third-order valence-corrected chi connectivity index (χ3v) is 6.30. The van der Waals surface area contributed by atoms with E-state index in [-0.39, 0.29) is 24.0 Å². The maximum Gasteiger partial charge on any atom is 0.295 e. The lowest BCUT2D eigenvalue weighted by Gasteiger charge is -2.26. The predicted molar refractivity (Wildman–Crippen MR) is 146 cm³/mol. The first-order valence-corrected chi connectivity index (χ1v) is 13.2. The van der Waals surface area contributed by atoms with Crippen LogP contribution in [0.25, 0.3) is 5.76 Å². The van der Waals surface area contributed by atoms with Gasteiger partial charge in [-0.05, 0) is 68.7 Å². The lowest BCUT2D eigenvalue weighted by molar-refractivity contribution is -0.140. The molecule has 8 nitrogen and oxygen atoms in total. The zero-order valence-electron chi connectivity index (χ0n) is 23.0. The largest absolute Gasteiger partial charge is 0.507 e. The molecule has 0 radical (unpaired) electrons. The Bertz CT molecular complexity index is 1120. The molecule has 1 unspecified atom stereocenters. The Morgan fingerprint density at radius 3 is 2.34 bits per heavy atom. The Kier molecular flexibility index (Phi) is 10.6. The molecule has 1 heterocycles. The van der Waals surface area contributed by atoms with Crippen molar-refractivity contribution in [1.29, 1.82) is 0 Å². The number of nitrogens with zero attached hydrogens (tertiary/aromatic N) is 1. The molecule has 0 saturated carbocycles. The maximum atomic E-state index is 13.3. The first-order valence-electron chi connectivity index (χ1n) is 13.2. The van der Waals surface area contributed by atoms with Crippen LogP contribution in [0.1, 0.15) is 63.6 Å². The van der Waals surface area contributed by atoms with Gasteiger partial charge in [-0.15, -0.1) is 0 Å². The molecule has 206 valence electrons. The number of methoxy groups -OCH3 is 2. The third-order valence-electron chi connectivity index (χ3n) is 6.30. The van der Waals surface area contributed by atoms with Gasteiger partial charge in [-0.25, -0.2) is 0 Å². The molecule has 1 saturated heterocycles. The predicted octanol–water partition coefficient (Wildman–Crippen LogP) is 5.51. The van der Waals surface area contributed by atoms with Crippen LogP contribution in [-0.4, -0.2) is 61.8 Å². The van der Waals surface area contributed by atoms with Gasteiger partial charge in [0.15, 0.2) is 11.5 Å². The average Bonchev–Trinajstić information content (AvgIpc) is 3.16. The number of aliphatic hydroxyl groups is 1. The molecule has 0 aliphatic carbocycles. The van der Waals surface area contributed by atoms with Crippen molar-refractivity contribution < 1.29 is 33.6 Å². The maximum absolute atomic E-state index is 13.3. The summed E-state index contributed by atoms with van der Waals surface area (Å²) in [5, 5.41) is 11.3. The molecule has 8 heteroatoms. The van der Waals surface area contributed by atoms with Gasteiger partial charge in [0.05, 0.1) is 31.4 Å². The second-order valence-corrected chi connectivity index (χ2v) is 9.50. The average molecular weight is 526 g/mol. The minimum atomic E-state index is -0.793. The van der Waals surface area contributed by atoms with Crippen LogP contribution in [0.2, 0.25) is 0 Å².